The van der Waals surface area contributed by atoms with E-state index in [0.29, 0.717) is 6.04 Å². The normalized spacial score (nSPS) is 12.4. The van der Waals surface area contributed by atoms with E-state index < -0.39 is 0 Å². The second kappa shape index (κ2) is 7.67. The fraction of sp³-hybridized carbons (Fsp3) is 0.368. The first-order valence-corrected chi connectivity index (χ1v) is 8.54. The number of rotatable bonds is 6. The van der Waals surface area contributed by atoms with Crippen molar-refractivity contribution in [2.24, 2.45) is 0 Å². The number of hydrogen-bond acceptors (Lipinski definition) is 2. The molecule has 0 aliphatic rings. The van der Waals surface area contributed by atoms with E-state index in [1.807, 2.05) is 11.8 Å². The molecular weight excluding hydrogens is 274 g/mol. The molecule has 0 amide bonds. The molecule has 0 aromatic heterocycles. The molecule has 2 aromatic carbocycles. The Bertz CT molecular complexity index is 592. The van der Waals surface area contributed by atoms with E-state index in [1.54, 1.807) is 0 Å². The Morgan fingerprint density at radius 2 is 1.76 bits per heavy atom. The van der Waals surface area contributed by atoms with Gasteiger partial charge in [-0.2, -0.15) is 0 Å². The first-order valence-electron chi connectivity index (χ1n) is 7.73. The number of nitrogens with one attached hydrogen (secondary N) is 1. The summed E-state index contributed by atoms with van der Waals surface area (Å²) in [6.45, 7) is 9.76. The van der Waals surface area contributed by atoms with Crippen LogP contribution in [-0.4, -0.2) is 6.54 Å². The van der Waals surface area contributed by atoms with Gasteiger partial charge in [0.25, 0.3) is 0 Å². The molecule has 0 saturated carbocycles. The average molecular weight is 299 g/mol. The summed E-state index contributed by atoms with van der Waals surface area (Å²) in [6.07, 6.45) is 1.11. The van der Waals surface area contributed by atoms with E-state index in [-0.39, 0.29) is 0 Å². The van der Waals surface area contributed by atoms with Crippen LogP contribution in [0.2, 0.25) is 0 Å². The van der Waals surface area contributed by atoms with Crippen LogP contribution < -0.4 is 5.32 Å². The van der Waals surface area contributed by atoms with E-state index in [0.717, 1.165) is 13.0 Å². The van der Waals surface area contributed by atoms with Crippen LogP contribution in [0.5, 0.6) is 0 Å². The molecule has 0 spiro atoms. The van der Waals surface area contributed by atoms with Crippen LogP contribution in [0.1, 0.15) is 43.0 Å². The number of hydrogen-bond donors (Lipinski definition) is 1. The summed E-state index contributed by atoms with van der Waals surface area (Å²) >= 11 is 1.88. The zero-order valence-corrected chi connectivity index (χ0v) is 14.3. The molecule has 0 radical (unpaired) electrons. The van der Waals surface area contributed by atoms with Crippen LogP contribution in [0.3, 0.4) is 0 Å². The molecule has 2 rings (SSSR count). The van der Waals surface area contributed by atoms with Crippen molar-refractivity contribution < 1.29 is 0 Å². The Morgan fingerprint density at radius 3 is 2.48 bits per heavy atom. The molecule has 112 valence electrons. The SMILES string of the molecule is CCNC(CC)c1ccccc1Sc1cc(C)ccc1C. The minimum Gasteiger partial charge on any atom is -0.310 e. The summed E-state index contributed by atoms with van der Waals surface area (Å²) < 4.78 is 0. The number of aryl methyl sites for hydroxylation is 2. The highest BCUT2D eigenvalue weighted by atomic mass is 32.2. The third-order valence-corrected chi connectivity index (χ3v) is 4.97. The van der Waals surface area contributed by atoms with E-state index >= 15 is 0 Å². The van der Waals surface area contributed by atoms with Gasteiger partial charge < -0.3 is 5.32 Å². The van der Waals surface area contributed by atoms with Crippen molar-refractivity contribution in [3.63, 3.8) is 0 Å². The minimum atomic E-state index is 0.434. The maximum absolute atomic E-state index is 3.59. The predicted molar refractivity (Wildman–Crippen MR) is 93.2 cm³/mol. The Hall–Kier alpha value is -1.25. The maximum atomic E-state index is 3.59. The van der Waals surface area contributed by atoms with Crippen molar-refractivity contribution in [1.29, 1.82) is 0 Å². The molecule has 2 aromatic rings. The lowest BCUT2D eigenvalue weighted by atomic mass is 10.0. The van der Waals surface area contributed by atoms with E-state index in [4.69, 9.17) is 0 Å². The molecule has 0 aliphatic heterocycles. The van der Waals surface area contributed by atoms with Gasteiger partial charge in [-0.1, -0.05) is 55.9 Å². The van der Waals surface area contributed by atoms with E-state index in [2.05, 4.69) is 75.5 Å². The Kier molecular flexibility index (Phi) is 5.89. The van der Waals surface area contributed by atoms with Crippen LogP contribution in [0, 0.1) is 13.8 Å². The van der Waals surface area contributed by atoms with Crippen LogP contribution >= 0.6 is 11.8 Å². The van der Waals surface area contributed by atoms with Gasteiger partial charge in [-0.15, -0.1) is 0 Å². The molecule has 1 atom stereocenters. The maximum Gasteiger partial charge on any atom is 0.0328 e. The van der Waals surface area contributed by atoms with Crippen molar-refractivity contribution in [1.82, 2.24) is 5.32 Å². The first kappa shape index (κ1) is 16.1. The average Bonchev–Trinajstić information content (AvgIpc) is 2.49. The van der Waals surface area contributed by atoms with Gasteiger partial charge in [0.1, 0.15) is 0 Å². The standard InChI is InChI=1S/C19H25NS/c1-5-17(20-6-2)16-9-7-8-10-18(16)21-19-13-14(3)11-12-15(19)4/h7-13,17,20H,5-6H2,1-4H3. The van der Waals surface area contributed by atoms with Gasteiger partial charge in [0.05, 0.1) is 0 Å². The molecule has 0 heterocycles. The third kappa shape index (κ3) is 4.12. The summed E-state index contributed by atoms with van der Waals surface area (Å²) in [7, 11) is 0. The van der Waals surface area contributed by atoms with Gasteiger partial charge in [-0.3, -0.25) is 0 Å². The molecular formula is C19H25NS. The lowest BCUT2D eigenvalue weighted by Gasteiger charge is -2.20. The predicted octanol–water partition coefficient (Wildman–Crippen LogP) is 5.52. The fourth-order valence-corrected chi connectivity index (χ4v) is 3.70. The Balaban J connectivity index is 2.33. The summed E-state index contributed by atoms with van der Waals surface area (Å²) in [5, 5.41) is 3.59. The highest BCUT2D eigenvalue weighted by molar-refractivity contribution is 7.99. The van der Waals surface area contributed by atoms with Gasteiger partial charge in [0.15, 0.2) is 0 Å². The van der Waals surface area contributed by atoms with Gasteiger partial charge in [-0.05, 0) is 55.6 Å². The Morgan fingerprint density at radius 1 is 1.00 bits per heavy atom. The second-order valence-corrected chi connectivity index (χ2v) is 6.51. The summed E-state index contributed by atoms with van der Waals surface area (Å²) in [5.41, 5.74) is 4.07. The molecule has 1 N–H and O–H groups in total. The van der Waals surface area contributed by atoms with Crippen molar-refractivity contribution >= 4 is 11.8 Å². The molecule has 0 aliphatic carbocycles. The quantitative estimate of drug-likeness (QED) is 0.754. The highest BCUT2D eigenvalue weighted by Gasteiger charge is 2.13. The largest absolute Gasteiger partial charge is 0.310 e. The zero-order valence-electron chi connectivity index (χ0n) is 13.4. The lowest BCUT2D eigenvalue weighted by molar-refractivity contribution is 0.530. The monoisotopic (exact) mass is 299 g/mol. The van der Waals surface area contributed by atoms with Crippen LogP contribution in [0.4, 0.5) is 0 Å². The molecule has 1 unspecified atom stereocenters. The molecule has 0 fully saturated rings. The van der Waals surface area contributed by atoms with Gasteiger partial charge >= 0.3 is 0 Å². The molecule has 21 heavy (non-hydrogen) atoms. The fourth-order valence-electron chi connectivity index (χ4n) is 2.52. The lowest BCUT2D eigenvalue weighted by Crippen LogP contribution is -2.20. The number of benzene rings is 2. The van der Waals surface area contributed by atoms with Crippen molar-refractivity contribution in [2.45, 2.75) is 49.9 Å². The summed E-state index contributed by atoms with van der Waals surface area (Å²) in [6, 6.07) is 15.9. The second-order valence-electron chi connectivity index (χ2n) is 5.43. The topological polar surface area (TPSA) is 12.0 Å². The Labute approximate surface area is 133 Å². The molecule has 2 heteroatoms. The van der Waals surface area contributed by atoms with Gasteiger partial charge in [-0.25, -0.2) is 0 Å². The minimum absolute atomic E-state index is 0.434. The summed E-state index contributed by atoms with van der Waals surface area (Å²) in [5.74, 6) is 0. The summed E-state index contributed by atoms with van der Waals surface area (Å²) in [4.78, 5) is 2.72. The van der Waals surface area contributed by atoms with Crippen LogP contribution in [0.25, 0.3) is 0 Å². The molecule has 1 nitrogen and oxygen atoms in total. The first-order chi connectivity index (χ1) is 10.2. The van der Waals surface area contributed by atoms with Crippen molar-refractivity contribution in [2.75, 3.05) is 6.54 Å². The highest BCUT2D eigenvalue weighted by Crippen LogP contribution is 2.36. The van der Waals surface area contributed by atoms with Crippen LogP contribution in [-0.2, 0) is 0 Å². The van der Waals surface area contributed by atoms with Crippen LogP contribution in [0.15, 0.2) is 52.3 Å². The molecule has 0 saturated heterocycles. The van der Waals surface area contributed by atoms with E-state index in [1.165, 1.54) is 26.5 Å². The zero-order chi connectivity index (χ0) is 15.2. The van der Waals surface area contributed by atoms with E-state index in [9.17, 15) is 0 Å². The molecule has 0 bridgehead atoms. The van der Waals surface area contributed by atoms with Crippen molar-refractivity contribution in [3.05, 3.63) is 59.2 Å². The van der Waals surface area contributed by atoms with Gasteiger partial charge in [0, 0.05) is 15.8 Å². The smallest absolute Gasteiger partial charge is 0.0328 e. The van der Waals surface area contributed by atoms with Gasteiger partial charge in [0.2, 0.25) is 0 Å². The van der Waals surface area contributed by atoms with Crippen molar-refractivity contribution in [3.8, 4) is 0 Å². The third-order valence-electron chi connectivity index (χ3n) is 3.72.